The third-order valence-corrected chi connectivity index (χ3v) is 6.73. The zero-order valence-electron chi connectivity index (χ0n) is 20.0. The molecule has 5 nitrogen and oxygen atoms in total. The number of hydrogen-bond acceptors (Lipinski definition) is 3. The molecule has 1 amide bonds. The molecular formula is C28H32N2O3. The van der Waals surface area contributed by atoms with E-state index in [1.807, 2.05) is 45.0 Å². The van der Waals surface area contributed by atoms with E-state index in [2.05, 4.69) is 28.8 Å². The minimum Gasteiger partial charge on any atom is -0.465 e. The van der Waals surface area contributed by atoms with Crippen molar-refractivity contribution in [3.63, 3.8) is 0 Å². The van der Waals surface area contributed by atoms with E-state index in [1.165, 1.54) is 25.5 Å². The van der Waals surface area contributed by atoms with Gasteiger partial charge in [-0.15, -0.1) is 0 Å². The van der Waals surface area contributed by atoms with Crippen LogP contribution in [0.5, 0.6) is 0 Å². The highest BCUT2D eigenvalue weighted by atomic mass is 16.5. The minimum absolute atomic E-state index is 0.131. The summed E-state index contributed by atoms with van der Waals surface area (Å²) < 4.78 is 7.22. The average molecular weight is 445 g/mol. The second-order valence-corrected chi connectivity index (χ2v) is 8.82. The van der Waals surface area contributed by atoms with Gasteiger partial charge in [0.05, 0.1) is 18.3 Å². The first-order valence-electron chi connectivity index (χ1n) is 11.7. The molecule has 172 valence electrons. The number of carbonyl (C=O) groups is 2. The number of ether oxygens (including phenoxy) is 1. The zero-order chi connectivity index (χ0) is 23.5. The second kappa shape index (κ2) is 9.65. The van der Waals surface area contributed by atoms with Gasteiger partial charge >= 0.3 is 5.97 Å². The fourth-order valence-electron chi connectivity index (χ4n) is 4.95. The molecular weight excluding hydrogens is 412 g/mol. The largest absolute Gasteiger partial charge is 0.465 e. The van der Waals surface area contributed by atoms with E-state index in [0.29, 0.717) is 23.4 Å². The molecule has 0 unspecified atom stereocenters. The van der Waals surface area contributed by atoms with Crippen LogP contribution >= 0.6 is 0 Å². The molecule has 2 heterocycles. The van der Waals surface area contributed by atoms with Crippen LogP contribution in [-0.2, 0) is 14.3 Å². The van der Waals surface area contributed by atoms with E-state index < -0.39 is 5.97 Å². The Morgan fingerprint density at radius 2 is 1.88 bits per heavy atom. The van der Waals surface area contributed by atoms with Gasteiger partial charge in [0.2, 0.25) is 0 Å². The van der Waals surface area contributed by atoms with E-state index in [0.717, 1.165) is 41.9 Å². The van der Waals surface area contributed by atoms with Gasteiger partial charge in [0, 0.05) is 29.3 Å². The van der Waals surface area contributed by atoms with Gasteiger partial charge < -0.3 is 14.2 Å². The van der Waals surface area contributed by atoms with Crippen LogP contribution in [0.3, 0.4) is 0 Å². The first-order chi connectivity index (χ1) is 15.9. The number of allylic oxidation sites excluding steroid dienone is 2. The van der Waals surface area contributed by atoms with E-state index in [9.17, 15) is 9.59 Å². The molecule has 33 heavy (non-hydrogen) atoms. The summed E-state index contributed by atoms with van der Waals surface area (Å²) in [5, 5.41) is 0. The standard InChI is InChI=1S/C28H32N2O3/c1-19-17-23(20(2)30(19)24-13-9-6-10-14-24)18-25-26(28(32)33-4)21(3)29(27(25)31)16-15-22-11-7-5-8-12-22/h6,9-11,13-14,17-18H,5,7-8,12,15-16H2,1-4H3. The van der Waals surface area contributed by atoms with Crippen molar-refractivity contribution in [2.75, 3.05) is 13.7 Å². The number of benzene rings is 1. The van der Waals surface area contributed by atoms with Crippen molar-refractivity contribution >= 4 is 18.0 Å². The van der Waals surface area contributed by atoms with E-state index in [1.54, 1.807) is 4.90 Å². The number of aryl methyl sites for hydroxylation is 1. The number of amides is 1. The number of nitrogens with zero attached hydrogens (tertiary/aromatic N) is 2. The van der Waals surface area contributed by atoms with E-state index in [4.69, 9.17) is 4.74 Å². The molecule has 0 fully saturated rings. The maximum absolute atomic E-state index is 13.5. The summed E-state index contributed by atoms with van der Waals surface area (Å²) in [4.78, 5) is 27.9. The number of methoxy groups -OCH3 is 1. The number of aromatic nitrogens is 1. The van der Waals surface area contributed by atoms with Gasteiger partial charge in [-0.2, -0.15) is 0 Å². The molecule has 0 atom stereocenters. The first-order valence-corrected chi connectivity index (χ1v) is 11.7. The van der Waals surface area contributed by atoms with Crippen LogP contribution in [-0.4, -0.2) is 35.0 Å². The van der Waals surface area contributed by atoms with Gasteiger partial charge in [-0.1, -0.05) is 29.8 Å². The number of esters is 1. The van der Waals surface area contributed by atoms with Crippen molar-refractivity contribution < 1.29 is 14.3 Å². The molecule has 0 bridgehead atoms. The van der Waals surface area contributed by atoms with Crippen LogP contribution < -0.4 is 0 Å². The Labute approximate surface area is 196 Å². The van der Waals surface area contributed by atoms with Crippen LogP contribution in [0.15, 0.2) is 64.9 Å². The summed E-state index contributed by atoms with van der Waals surface area (Å²) in [6, 6.07) is 12.2. The number of carbonyl (C=O) groups excluding carboxylic acids is 2. The lowest BCUT2D eigenvalue weighted by molar-refractivity contribution is -0.136. The van der Waals surface area contributed by atoms with Gasteiger partial charge in [-0.3, -0.25) is 4.79 Å². The van der Waals surface area contributed by atoms with Gasteiger partial charge in [-0.25, -0.2) is 4.79 Å². The third-order valence-electron chi connectivity index (χ3n) is 6.73. The summed E-state index contributed by atoms with van der Waals surface area (Å²) >= 11 is 0. The Morgan fingerprint density at radius 3 is 2.55 bits per heavy atom. The molecule has 0 spiro atoms. The molecule has 2 aromatic rings. The van der Waals surface area contributed by atoms with E-state index in [-0.39, 0.29) is 5.91 Å². The summed E-state index contributed by atoms with van der Waals surface area (Å²) in [5.74, 6) is -0.600. The minimum atomic E-state index is -0.469. The van der Waals surface area contributed by atoms with Crippen molar-refractivity contribution in [3.05, 3.63) is 81.8 Å². The smallest absolute Gasteiger partial charge is 0.340 e. The molecule has 1 aromatic heterocycles. The Morgan fingerprint density at radius 1 is 1.12 bits per heavy atom. The molecule has 0 radical (unpaired) electrons. The normalized spacial score (nSPS) is 17.7. The highest BCUT2D eigenvalue weighted by Gasteiger charge is 2.37. The van der Waals surface area contributed by atoms with Gasteiger partial charge in [0.15, 0.2) is 0 Å². The SMILES string of the molecule is COC(=O)C1=C(C)N(CCC2=CCCCC2)C(=O)C1=Cc1cc(C)n(-c2ccccc2)c1C. The molecule has 4 rings (SSSR count). The van der Waals surface area contributed by atoms with E-state index >= 15 is 0 Å². The molecule has 0 saturated heterocycles. The van der Waals surface area contributed by atoms with Crippen LogP contribution in [0, 0.1) is 13.8 Å². The first kappa shape index (κ1) is 22.8. The Balaban J connectivity index is 1.69. The zero-order valence-corrected chi connectivity index (χ0v) is 20.0. The van der Waals surface area contributed by atoms with Crippen LogP contribution in [0.4, 0.5) is 0 Å². The quantitative estimate of drug-likeness (QED) is 0.328. The number of rotatable bonds is 6. The van der Waals surface area contributed by atoms with Crippen LogP contribution in [0.2, 0.25) is 0 Å². The highest BCUT2D eigenvalue weighted by Crippen LogP contribution is 2.34. The maximum Gasteiger partial charge on any atom is 0.340 e. The van der Waals surface area contributed by atoms with Crippen molar-refractivity contribution in [3.8, 4) is 5.69 Å². The van der Waals surface area contributed by atoms with Crippen molar-refractivity contribution in [2.45, 2.75) is 52.9 Å². The van der Waals surface area contributed by atoms with Crippen molar-refractivity contribution in [2.24, 2.45) is 0 Å². The van der Waals surface area contributed by atoms with Gasteiger partial charge in [0.25, 0.3) is 5.91 Å². The molecule has 1 aromatic carbocycles. The number of para-hydroxylation sites is 1. The fraction of sp³-hybridized carbons (Fsp3) is 0.357. The third kappa shape index (κ3) is 4.45. The van der Waals surface area contributed by atoms with Crippen LogP contribution in [0.1, 0.15) is 56.0 Å². The molecule has 2 aliphatic rings. The molecule has 0 N–H and O–H groups in total. The summed E-state index contributed by atoms with van der Waals surface area (Å²) in [6.07, 6.45) is 9.67. The Hall–Kier alpha value is -3.34. The summed E-state index contributed by atoms with van der Waals surface area (Å²) in [6.45, 7) is 6.50. The van der Waals surface area contributed by atoms with Crippen molar-refractivity contribution in [1.82, 2.24) is 9.47 Å². The predicted octanol–water partition coefficient (Wildman–Crippen LogP) is 5.66. The highest BCUT2D eigenvalue weighted by molar-refractivity contribution is 6.16. The lowest BCUT2D eigenvalue weighted by Crippen LogP contribution is -2.26. The predicted molar refractivity (Wildman–Crippen MR) is 131 cm³/mol. The second-order valence-electron chi connectivity index (χ2n) is 8.82. The monoisotopic (exact) mass is 444 g/mol. The lowest BCUT2D eigenvalue weighted by atomic mass is 9.97. The number of hydrogen-bond donors (Lipinski definition) is 0. The summed E-state index contributed by atoms with van der Waals surface area (Å²) in [5.41, 5.74) is 6.93. The fourth-order valence-corrected chi connectivity index (χ4v) is 4.95. The molecule has 1 aliphatic carbocycles. The van der Waals surface area contributed by atoms with Crippen molar-refractivity contribution in [1.29, 1.82) is 0 Å². The molecule has 5 heteroatoms. The van der Waals surface area contributed by atoms with Gasteiger partial charge in [0.1, 0.15) is 0 Å². The van der Waals surface area contributed by atoms with Crippen LogP contribution in [0.25, 0.3) is 11.8 Å². The van der Waals surface area contributed by atoms with Gasteiger partial charge in [-0.05, 0) is 82.7 Å². The molecule has 0 saturated carbocycles. The summed E-state index contributed by atoms with van der Waals surface area (Å²) in [7, 11) is 1.36. The topological polar surface area (TPSA) is 51.5 Å². The Kier molecular flexibility index (Phi) is 6.68. The lowest BCUT2D eigenvalue weighted by Gasteiger charge is -2.20. The maximum atomic E-state index is 13.5. The molecule has 1 aliphatic heterocycles. The average Bonchev–Trinajstić information content (AvgIpc) is 3.24. The Bertz CT molecular complexity index is 1170.